The number of guanidine groups is 1. The molecule has 2 rings (SSSR count). The Morgan fingerprint density at radius 3 is 2.71 bits per heavy atom. The van der Waals surface area contributed by atoms with Crippen LogP contribution < -0.4 is 15.8 Å². The number of methoxy groups -OCH3 is 1. The van der Waals surface area contributed by atoms with Crippen molar-refractivity contribution >= 4 is 5.96 Å². The molecule has 0 amide bonds. The molecule has 1 aliphatic rings. The number of nitrogens with zero attached hydrogens (tertiary/aromatic N) is 1. The van der Waals surface area contributed by atoms with Crippen molar-refractivity contribution < 1.29 is 4.74 Å². The summed E-state index contributed by atoms with van der Waals surface area (Å²) in [7, 11) is 1.71. The topological polar surface area (TPSA) is 59.6 Å². The average Bonchev–Trinajstić information content (AvgIpc) is 2.95. The first kappa shape index (κ1) is 15.7. The summed E-state index contributed by atoms with van der Waals surface area (Å²) in [5.41, 5.74) is 7.39. The quantitative estimate of drug-likeness (QED) is 0.647. The Kier molecular flexibility index (Phi) is 5.10. The highest BCUT2D eigenvalue weighted by Crippen LogP contribution is 2.42. The van der Waals surface area contributed by atoms with Crippen LogP contribution in [0.2, 0.25) is 0 Å². The molecular weight excluding hydrogens is 262 g/mol. The van der Waals surface area contributed by atoms with Crippen LogP contribution in [0, 0.1) is 0 Å². The zero-order chi connectivity index (χ0) is 15.3. The molecule has 1 aliphatic carbocycles. The molecule has 3 N–H and O–H groups in total. The molecule has 0 unspecified atom stereocenters. The number of ether oxygens (including phenoxy) is 1. The number of nitrogens with two attached hydrogens (primary N) is 1. The molecular formula is C17H27N3O. The maximum atomic E-state index is 5.96. The minimum absolute atomic E-state index is 0.109. The number of hydrogen-bond acceptors (Lipinski definition) is 2. The minimum Gasteiger partial charge on any atom is -0.497 e. The lowest BCUT2D eigenvalue weighted by Crippen LogP contribution is -2.38. The van der Waals surface area contributed by atoms with Gasteiger partial charge in [-0.2, -0.15) is 0 Å². The second-order valence-corrected chi connectivity index (χ2v) is 6.22. The summed E-state index contributed by atoms with van der Waals surface area (Å²) in [5, 5.41) is 3.16. The number of aliphatic imine (C=N–C) groups is 1. The van der Waals surface area contributed by atoms with Crippen molar-refractivity contribution in [3.05, 3.63) is 29.8 Å². The van der Waals surface area contributed by atoms with Crippen molar-refractivity contribution in [3.8, 4) is 5.75 Å². The van der Waals surface area contributed by atoms with Gasteiger partial charge in [0.2, 0.25) is 0 Å². The Labute approximate surface area is 127 Å². The van der Waals surface area contributed by atoms with E-state index in [-0.39, 0.29) is 5.41 Å². The largest absolute Gasteiger partial charge is 0.497 e. The van der Waals surface area contributed by atoms with Crippen LogP contribution in [0.1, 0.15) is 45.1 Å². The zero-order valence-electron chi connectivity index (χ0n) is 13.4. The first-order valence-corrected chi connectivity index (χ1v) is 7.77. The van der Waals surface area contributed by atoms with Crippen molar-refractivity contribution in [3.63, 3.8) is 0 Å². The summed E-state index contributed by atoms with van der Waals surface area (Å²) >= 11 is 0. The summed E-state index contributed by atoms with van der Waals surface area (Å²) in [6.07, 6.45) is 4.84. The molecule has 4 heteroatoms. The Bertz CT molecular complexity index is 491. The van der Waals surface area contributed by atoms with Crippen molar-refractivity contribution in [2.45, 2.75) is 51.0 Å². The lowest BCUT2D eigenvalue weighted by atomic mass is 9.79. The van der Waals surface area contributed by atoms with E-state index in [4.69, 9.17) is 10.5 Å². The van der Waals surface area contributed by atoms with E-state index in [1.807, 2.05) is 6.07 Å². The van der Waals surface area contributed by atoms with Gasteiger partial charge >= 0.3 is 0 Å². The molecule has 0 bridgehead atoms. The van der Waals surface area contributed by atoms with Crippen LogP contribution in [0.25, 0.3) is 0 Å². The minimum atomic E-state index is 0.109. The molecule has 4 nitrogen and oxygen atoms in total. The lowest BCUT2D eigenvalue weighted by Gasteiger charge is -2.28. The molecule has 0 aromatic heterocycles. The first-order valence-electron chi connectivity index (χ1n) is 7.77. The van der Waals surface area contributed by atoms with E-state index in [2.05, 4.69) is 42.4 Å². The molecule has 0 aliphatic heterocycles. The predicted octanol–water partition coefficient (Wildman–Crippen LogP) is 2.82. The van der Waals surface area contributed by atoms with E-state index < -0.39 is 0 Å². The van der Waals surface area contributed by atoms with Crippen molar-refractivity contribution in [2.75, 3.05) is 13.7 Å². The second-order valence-electron chi connectivity index (χ2n) is 6.22. The van der Waals surface area contributed by atoms with Crippen LogP contribution >= 0.6 is 0 Å². The third-order valence-electron chi connectivity index (χ3n) is 4.23. The van der Waals surface area contributed by atoms with Crippen molar-refractivity contribution in [1.82, 2.24) is 5.32 Å². The molecule has 0 atom stereocenters. The second kappa shape index (κ2) is 6.83. The summed E-state index contributed by atoms with van der Waals surface area (Å²) in [5.74, 6) is 1.45. The smallest absolute Gasteiger partial charge is 0.188 e. The molecule has 0 radical (unpaired) electrons. The maximum absolute atomic E-state index is 5.96. The monoisotopic (exact) mass is 289 g/mol. The Hall–Kier alpha value is -1.71. The molecule has 116 valence electrons. The maximum Gasteiger partial charge on any atom is 0.188 e. The molecule has 1 saturated carbocycles. The van der Waals surface area contributed by atoms with Gasteiger partial charge in [-0.1, -0.05) is 25.0 Å². The van der Waals surface area contributed by atoms with Crippen molar-refractivity contribution in [2.24, 2.45) is 10.7 Å². The van der Waals surface area contributed by atoms with Crippen LogP contribution in [0.5, 0.6) is 5.75 Å². The van der Waals surface area contributed by atoms with Crippen LogP contribution in [-0.2, 0) is 5.41 Å². The molecule has 1 aromatic carbocycles. The van der Waals surface area contributed by atoms with Crippen LogP contribution in [0.15, 0.2) is 29.3 Å². The standard InChI is InChI=1S/C17H27N3O/c1-13(2)20-16(18)19-12-17(9-4-5-10-17)14-7-6-8-15(11-14)21-3/h6-8,11,13H,4-5,9-10,12H2,1-3H3,(H3,18,19,20). The summed E-state index contributed by atoms with van der Waals surface area (Å²) < 4.78 is 5.36. The molecule has 21 heavy (non-hydrogen) atoms. The van der Waals surface area contributed by atoms with Gasteiger partial charge in [-0.25, -0.2) is 0 Å². The number of rotatable bonds is 5. The normalized spacial score (nSPS) is 18.0. The SMILES string of the molecule is COc1cccc(C2(CN=C(N)NC(C)C)CCCC2)c1. The van der Waals surface area contributed by atoms with Gasteiger partial charge in [0.25, 0.3) is 0 Å². The molecule has 0 spiro atoms. The van der Waals surface area contributed by atoms with Gasteiger partial charge in [0.1, 0.15) is 5.75 Å². The average molecular weight is 289 g/mol. The number of hydrogen-bond donors (Lipinski definition) is 2. The third kappa shape index (κ3) is 3.90. The van der Waals surface area contributed by atoms with E-state index in [0.717, 1.165) is 12.3 Å². The van der Waals surface area contributed by atoms with Crippen molar-refractivity contribution in [1.29, 1.82) is 0 Å². The Morgan fingerprint density at radius 1 is 1.38 bits per heavy atom. The highest BCUT2D eigenvalue weighted by molar-refractivity contribution is 5.78. The van der Waals surface area contributed by atoms with E-state index in [0.29, 0.717) is 12.0 Å². The fraction of sp³-hybridized carbons (Fsp3) is 0.588. The molecule has 1 fully saturated rings. The highest BCUT2D eigenvalue weighted by Gasteiger charge is 2.35. The third-order valence-corrected chi connectivity index (χ3v) is 4.23. The summed E-state index contributed by atoms with van der Waals surface area (Å²) in [6.45, 7) is 4.87. The van der Waals surface area contributed by atoms with Gasteiger partial charge in [-0.05, 0) is 44.4 Å². The van der Waals surface area contributed by atoms with Crippen LogP contribution in [0.4, 0.5) is 0 Å². The Balaban J connectivity index is 2.20. The molecule has 0 heterocycles. The fourth-order valence-corrected chi connectivity index (χ4v) is 3.12. The van der Waals surface area contributed by atoms with Gasteiger partial charge in [0.15, 0.2) is 5.96 Å². The summed E-state index contributed by atoms with van der Waals surface area (Å²) in [4.78, 5) is 4.59. The van der Waals surface area contributed by atoms with Crippen LogP contribution in [0.3, 0.4) is 0 Å². The highest BCUT2D eigenvalue weighted by atomic mass is 16.5. The van der Waals surface area contributed by atoms with Gasteiger partial charge in [-0.15, -0.1) is 0 Å². The Morgan fingerprint density at radius 2 is 2.10 bits per heavy atom. The molecule has 1 aromatic rings. The lowest BCUT2D eigenvalue weighted by molar-refractivity contribution is 0.407. The van der Waals surface area contributed by atoms with Gasteiger partial charge in [-0.3, -0.25) is 4.99 Å². The van der Waals surface area contributed by atoms with Gasteiger partial charge in [0.05, 0.1) is 13.7 Å². The molecule has 0 saturated heterocycles. The number of benzene rings is 1. The summed E-state index contributed by atoms with van der Waals surface area (Å²) in [6, 6.07) is 8.70. The fourth-order valence-electron chi connectivity index (χ4n) is 3.12. The number of nitrogens with one attached hydrogen (secondary N) is 1. The van der Waals surface area contributed by atoms with Crippen LogP contribution in [-0.4, -0.2) is 25.7 Å². The van der Waals surface area contributed by atoms with E-state index in [1.165, 1.54) is 31.2 Å². The van der Waals surface area contributed by atoms with Gasteiger partial charge < -0.3 is 15.8 Å². The zero-order valence-corrected chi connectivity index (χ0v) is 13.4. The first-order chi connectivity index (χ1) is 10.1. The predicted molar refractivity (Wildman–Crippen MR) is 87.9 cm³/mol. The van der Waals surface area contributed by atoms with Gasteiger partial charge in [0, 0.05) is 11.5 Å². The van der Waals surface area contributed by atoms with E-state index in [9.17, 15) is 0 Å². The van der Waals surface area contributed by atoms with E-state index >= 15 is 0 Å². The van der Waals surface area contributed by atoms with E-state index in [1.54, 1.807) is 7.11 Å².